The van der Waals surface area contributed by atoms with Crippen LogP contribution in [0.3, 0.4) is 0 Å². The van der Waals surface area contributed by atoms with Crippen molar-refractivity contribution in [3.63, 3.8) is 0 Å². The Hall–Kier alpha value is -3.52. The zero-order chi connectivity index (χ0) is 23.1. The number of para-hydroxylation sites is 1. The average Bonchev–Trinajstić information content (AvgIpc) is 3.16. The number of urea groups is 1. The molecule has 3 aliphatic rings. The minimum Gasteiger partial charge on any atom is -0.368 e. The molecule has 3 heterocycles. The third-order valence-electron chi connectivity index (χ3n) is 6.41. The number of rotatable bonds is 3. The number of piperazine rings is 1. The van der Waals surface area contributed by atoms with Crippen LogP contribution in [0.25, 0.3) is 0 Å². The summed E-state index contributed by atoms with van der Waals surface area (Å²) < 4.78 is 0. The first-order valence-electron chi connectivity index (χ1n) is 10.9. The van der Waals surface area contributed by atoms with Crippen LogP contribution in [0.4, 0.5) is 16.2 Å². The number of nitrogens with zero attached hydrogens (tertiary/aromatic N) is 4. The van der Waals surface area contributed by atoms with Crippen molar-refractivity contribution in [2.45, 2.75) is 12.1 Å². The number of carbonyl (C=O) groups is 3. The molecule has 2 fully saturated rings. The number of benzene rings is 2. The van der Waals surface area contributed by atoms with E-state index in [4.69, 9.17) is 11.6 Å². The Bertz CT molecular complexity index is 1110. The Labute approximate surface area is 197 Å². The number of amides is 4. The molecule has 0 aliphatic carbocycles. The van der Waals surface area contributed by atoms with Crippen LogP contribution in [0.2, 0.25) is 5.02 Å². The largest absolute Gasteiger partial charge is 0.368 e. The van der Waals surface area contributed by atoms with E-state index in [9.17, 15) is 14.4 Å². The number of hydrogen-bond acceptors (Lipinski definition) is 5. The van der Waals surface area contributed by atoms with Crippen LogP contribution < -0.4 is 15.1 Å². The van der Waals surface area contributed by atoms with Gasteiger partial charge in [-0.05, 0) is 36.4 Å². The van der Waals surface area contributed by atoms with Gasteiger partial charge in [-0.15, -0.1) is 0 Å². The first-order chi connectivity index (χ1) is 15.9. The zero-order valence-corrected chi connectivity index (χ0v) is 18.9. The van der Waals surface area contributed by atoms with Gasteiger partial charge in [0.25, 0.3) is 11.8 Å². The topological polar surface area (TPSA) is 76.2 Å². The molecule has 0 spiro atoms. The standard InChI is InChI=1S/C24H24ClN5O3/c1-27-15-19(22(31)29-13-11-28(12-14-29)17-5-3-2-4-6-17)20-21(27)23(32)30(24(33)26-20)18-9-7-16(25)8-10-18/h2-10,15,20-21H,11-14H2,1H3,(H,26,33). The highest BCUT2D eigenvalue weighted by atomic mass is 35.5. The van der Waals surface area contributed by atoms with Crippen LogP contribution in [0.1, 0.15) is 0 Å². The van der Waals surface area contributed by atoms with Gasteiger partial charge in [0.2, 0.25) is 0 Å². The highest BCUT2D eigenvalue weighted by molar-refractivity contribution is 6.30. The third kappa shape index (κ3) is 3.80. The Balaban J connectivity index is 1.30. The lowest BCUT2D eigenvalue weighted by atomic mass is 9.98. The van der Waals surface area contributed by atoms with Crippen molar-refractivity contribution in [3.05, 3.63) is 71.4 Å². The molecule has 2 aromatic carbocycles. The van der Waals surface area contributed by atoms with Gasteiger partial charge in [-0.2, -0.15) is 0 Å². The van der Waals surface area contributed by atoms with Crippen LogP contribution >= 0.6 is 11.6 Å². The number of imide groups is 1. The summed E-state index contributed by atoms with van der Waals surface area (Å²) >= 11 is 5.94. The summed E-state index contributed by atoms with van der Waals surface area (Å²) in [5.74, 6) is -0.517. The van der Waals surface area contributed by atoms with E-state index in [-0.39, 0.29) is 11.8 Å². The van der Waals surface area contributed by atoms with Crippen molar-refractivity contribution in [1.29, 1.82) is 0 Å². The van der Waals surface area contributed by atoms with Crippen molar-refractivity contribution >= 4 is 40.8 Å². The van der Waals surface area contributed by atoms with E-state index in [1.165, 1.54) is 0 Å². The molecule has 0 aromatic heterocycles. The molecule has 2 atom stereocenters. The zero-order valence-electron chi connectivity index (χ0n) is 18.1. The molecule has 2 saturated heterocycles. The summed E-state index contributed by atoms with van der Waals surface area (Å²) in [4.78, 5) is 46.4. The molecule has 0 saturated carbocycles. The lowest BCUT2D eigenvalue weighted by molar-refractivity contribution is -0.127. The van der Waals surface area contributed by atoms with Crippen molar-refractivity contribution in [3.8, 4) is 0 Å². The summed E-state index contributed by atoms with van der Waals surface area (Å²) in [6.45, 7) is 2.60. The fraction of sp³-hybridized carbons (Fsp3) is 0.292. The second kappa shape index (κ2) is 8.44. The predicted molar refractivity (Wildman–Crippen MR) is 126 cm³/mol. The Kier molecular flexibility index (Phi) is 5.46. The molecular weight excluding hydrogens is 442 g/mol. The normalized spacial score (nSPS) is 22.8. The molecule has 170 valence electrons. The highest BCUT2D eigenvalue weighted by Crippen LogP contribution is 2.31. The van der Waals surface area contributed by atoms with Gasteiger partial charge in [-0.3, -0.25) is 9.59 Å². The SMILES string of the molecule is CN1C=C(C(=O)N2CCN(c3ccccc3)CC2)C2NC(=O)N(c3ccc(Cl)cc3)C(=O)C21. The van der Waals surface area contributed by atoms with Gasteiger partial charge in [0.1, 0.15) is 6.04 Å². The maximum atomic E-state index is 13.4. The van der Waals surface area contributed by atoms with E-state index in [1.54, 1.807) is 47.3 Å². The van der Waals surface area contributed by atoms with E-state index in [0.29, 0.717) is 29.4 Å². The first kappa shape index (κ1) is 21.3. The van der Waals surface area contributed by atoms with Crippen molar-refractivity contribution < 1.29 is 14.4 Å². The Morgan fingerprint density at radius 2 is 1.61 bits per heavy atom. The lowest BCUT2D eigenvalue weighted by Crippen LogP contribution is -2.65. The minimum absolute atomic E-state index is 0.143. The van der Waals surface area contributed by atoms with E-state index < -0.39 is 18.1 Å². The molecule has 2 aromatic rings. The van der Waals surface area contributed by atoms with Gasteiger partial charge < -0.3 is 20.0 Å². The van der Waals surface area contributed by atoms with Gasteiger partial charge in [-0.25, -0.2) is 9.69 Å². The second-order valence-electron chi connectivity index (χ2n) is 8.39. The number of likely N-dealkylation sites (N-methyl/N-ethyl adjacent to an activating group) is 1. The minimum atomic E-state index is -0.682. The monoisotopic (exact) mass is 465 g/mol. The van der Waals surface area contributed by atoms with Gasteiger partial charge in [0.05, 0.1) is 17.3 Å². The summed E-state index contributed by atoms with van der Waals surface area (Å²) in [6.07, 6.45) is 1.69. The highest BCUT2D eigenvalue weighted by Gasteiger charge is 2.50. The third-order valence-corrected chi connectivity index (χ3v) is 6.66. The van der Waals surface area contributed by atoms with Crippen molar-refractivity contribution in [2.24, 2.45) is 0 Å². The second-order valence-corrected chi connectivity index (χ2v) is 8.82. The van der Waals surface area contributed by atoms with Crippen LogP contribution in [0.15, 0.2) is 66.4 Å². The Morgan fingerprint density at radius 1 is 0.939 bits per heavy atom. The summed E-state index contributed by atoms with van der Waals surface area (Å²) in [6, 6.07) is 14.7. The van der Waals surface area contributed by atoms with Crippen molar-refractivity contribution in [1.82, 2.24) is 15.1 Å². The molecule has 2 unspecified atom stereocenters. The quantitative estimate of drug-likeness (QED) is 0.752. The maximum Gasteiger partial charge on any atom is 0.329 e. The molecule has 4 amide bonds. The Morgan fingerprint density at radius 3 is 2.27 bits per heavy atom. The summed E-state index contributed by atoms with van der Waals surface area (Å²) in [5.41, 5.74) is 2.01. The molecule has 3 aliphatic heterocycles. The lowest BCUT2D eigenvalue weighted by Gasteiger charge is -2.39. The van der Waals surface area contributed by atoms with Crippen LogP contribution in [-0.2, 0) is 9.59 Å². The predicted octanol–water partition coefficient (Wildman–Crippen LogP) is 2.31. The van der Waals surface area contributed by atoms with E-state index in [2.05, 4.69) is 22.3 Å². The van der Waals surface area contributed by atoms with Gasteiger partial charge >= 0.3 is 6.03 Å². The molecule has 9 heteroatoms. The summed E-state index contributed by atoms with van der Waals surface area (Å²) in [7, 11) is 1.75. The molecule has 33 heavy (non-hydrogen) atoms. The first-order valence-corrected chi connectivity index (χ1v) is 11.2. The van der Waals surface area contributed by atoms with Crippen LogP contribution in [0.5, 0.6) is 0 Å². The number of halogens is 1. The van der Waals surface area contributed by atoms with Gasteiger partial charge in [0.15, 0.2) is 0 Å². The molecule has 8 nitrogen and oxygen atoms in total. The van der Waals surface area contributed by atoms with Crippen molar-refractivity contribution in [2.75, 3.05) is 43.0 Å². The number of fused-ring (bicyclic) bond motifs is 1. The van der Waals surface area contributed by atoms with Crippen LogP contribution in [0, 0.1) is 0 Å². The number of anilines is 2. The van der Waals surface area contributed by atoms with E-state index in [0.717, 1.165) is 23.7 Å². The maximum absolute atomic E-state index is 13.4. The molecule has 1 N–H and O–H groups in total. The van der Waals surface area contributed by atoms with E-state index >= 15 is 0 Å². The fourth-order valence-electron chi connectivity index (χ4n) is 4.70. The molecule has 0 bridgehead atoms. The van der Waals surface area contributed by atoms with Gasteiger partial charge in [0, 0.05) is 50.1 Å². The fourth-order valence-corrected chi connectivity index (χ4v) is 4.83. The molecule has 5 rings (SSSR count). The van der Waals surface area contributed by atoms with E-state index in [1.807, 2.05) is 18.2 Å². The molecular formula is C24H24ClN5O3. The van der Waals surface area contributed by atoms with Crippen LogP contribution in [-0.4, -0.2) is 73.0 Å². The summed E-state index contributed by atoms with van der Waals surface area (Å²) in [5, 5.41) is 3.39. The number of hydrogen-bond donors (Lipinski definition) is 1. The molecule has 0 radical (unpaired) electrons. The van der Waals surface area contributed by atoms with Gasteiger partial charge in [-0.1, -0.05) is 29.8 Å². The smallest absolute Gasteiger partial charge is 0.329 e. The number of carbonyl (C=O) groups excluding carboxylic acids is 3. The average molecular weight is 466 g/mol. The number of nitrogens with one attached hydrogen (secondary N) is 1.